The van der Waals surface area contributed by atoms with Gasteiger partial charge in [-0.3, -0.25) is 9.00 Å². The third-order valence-electron chi connectivity index (χ3n) is 3.75. The lowest BCUT2D eigenvalue weighted by atomic mass is 9.95. The van der Waals surface area contributed by atoms with E-state index in [2.05, 4.69) is 0 Å². The van der Waals surface area contributed by atoms with Gasteiger partial charge in [0.15, 0.2) is 0 Å². The minimum atomic E-state index is -0.918. The van der Waals surface area contributed by atoms with E-state index in [0.717, 1.165) is 12.0 Å². The van der Waals surface area contributed by atoms with Gasteiger partial charge in [0.1, 0.15) is 0 Å². The zero-order valence-electron chi connectivity index (χ0n) is 11.9. The van der Waals surface area contributed by atoms with E-state index in [4.69, 9.17) is 0 Å². The van der Waals surface area contributed by atoms with Gasteiger partial charge in [-0.25, -0.2) is 0 Å². The lowest BCUT2D eigenvalue weighted by Crippen LogP contribution is -2.45. The summed E-state index contributed by atoms with van der Waals surface area (Å²) in [5.41, 5.74) is 1.51. The van der Waals surface area contributed by atoms with E-state index in [1.807, 2.05) is 19.1 Å². The Hall–Kier alpha value is -1.20. The first-order chi connectivity index (χ1) is 9.47. The van der Waals surface area contributed by atoms with E-state index in [1.54, 1.807) is 23.3 Å². The molecule has 1 fully saturated rings. The molecule has 20 heavy (non-hydrogen) atoms. The molecule has 1 amide bonds. The van der Waals surface area contributed by atoms with Crippen LogP contribution in [0.2, 0.25) is 0 Å². The number of hydrogen-bond acceptors (Lipinski definition) is 3. The Kier molecular flexibility index (Phi) is 4.94. The number of aliphatic hydroxyl groups is 1. The highest BCUT2D eigenvalue weighted by atomic mass is 32.2. The number of carbonyl (C=O) groups is 1. The fourth-order valence-corrected chi connectivity index (χ4v) is 3.09. The van der Waals surface area contributed by atoms with Gasteiger partial charge in [0.05, 0.1) is 6.10 Å². The SMILES string of the molecule is CC1CCN(C(=O)c2cccc(CS(C)=O)c2)CC1O. The van der Waals surface area contributed by atoms with Gasteiger partial charge in [0.25, 0.3) is 5.91 Å². The molecule has 1 N–H and O–H groups in total. The second kappa shape index (κ2) is 6.50. The lowest BCUT2D eigenvalue weighted by Gasteiger charge is -2.34. The highest BCUT2D eigenvalue weighted by Gasteiger charge is 2.27. The van der Waals surface area contributed by atoms with Crippen LogP contribution in [0.1, 0.15) is 29.3 Å². The van der Waals surface area contributed by atoms with Gasteiger partial charge < -0.3 is 10.0 Å². The molecule has 0 bridgehead atoms. The van der Waals surface area contributed by atoms with Crippen LogP contribution in [0.25, 0.3) is 0 Å². The Morgan fingerprint density at radius 1 is 1.50 bits per heavy atom. The van der Waals surface area contributed by atoms with Crippen molar-refractivity contribution in [2.45, 2.75) is 25.2 Å². The second-order valence-corrected chi connectivity index (χ2v) is 6.94. The lowest BCUT2D eigenvalue weighted by molar-refractivity contribution is 0.0248. The van der Waals surface area contributed by atoms with Gasteiger partial charge in [-0.15, -0.1) is 0 Å². The fourth-order valence-electron chi connectivity index (χ4n) is 2.44. The predicted octanol–water partition coefficient (Wildman–Crippen LogP) is 1.41. The molecule has 0 spiro atoms. The average molecular weight is 295 g/mol. The molecular weight excluding hydrogens is 274 g/mol. The molecular formula is C15H21NO3S. The molecule has 2 rings (SSSR count). The molecule has 3 unspecified atom stereocenters. The number of β-amino-alcohol motifs (C(OH)–C–C–N with tert-alkyl or cyclic N) is 1. The van der Waals surface area contributed by atoms with Crippen LogP contribution >= 0.6 is 0 Å². The number of rotatable bonds is 3. The Labute approximate surface area is 122 Å². The molecule has 4 nitrogen and oxygen atoms in total. The number of amides is 1. The summed E-state index contributed by atoms with van der Waals surface area (Å²) < 4.78 is 11.3. The Balaban J connectivity index is 2.11. The average Bonchev–Trinajstić information content (AvgIpc) is 2.40. The molecule has 0 radical (unpaired) electrons. The van der Waals surface area contributed by atoms with Crippen LogP contribution in [0.4, 0.5) is 0 Å². The van der Waals surface area contributed by atoms with E-state index < -0.39 is 16.9 Å². The van der Waals surface area contributed by atoms with Gasteiger partial charge in [-0.2, -0.15) is 0 Å². The van der Waals surface area contributed by atoms with Crippen molar-refractivity contribution in [3.05, 3.63) is 35.4 Å². The fraction of sp³-hybridized carbons (Fsp3) is 0.533. The summed E-state index contributed by atoms with van der Waals surface area (Å²) in [6.45, 7) is 3.08. The monoisotopic (exact) mass is 295 g/mol. The number of piperidine rings is 1. The van der Waals surface area contributed by atoms with E-state index in [0.29, 0.717) is 24.4 Å². The summed E-state index contributed by atoms with van der Waals surface area (Å²) in [7, 11) is -0.918. The summed E-state index contributed by atoms with van der Waals surface area (Å²) in [5, 5.41) is 9.88. The molecule has 1 saturated heterocycles. The van der Waals surface area contributed by atoms with Crippen molar-refractivity contribution in [2.75, 3.05) is 19.3 Å². The van der Waals surface area contributed by atoms with Crippen molar-refractivity contribution in [3.8, 4) is 0 Å². The van der Waals surface area contributed by atoms with E-state index >= 15 is 0 Å². The quantitative estimate of drug-likeness (QED) is 0.917. The Morgan fingerprint density at radius 2 is 2.25 bits per heavy atom. The zero-order valence-corrected chi connectivity index (χ0v) is 12.7. The van der Waals surface area contributed by atoms with Crippen molar-refractivity contribution in [1.82, 2.24) is 4.90 Å². The van der Waals surface area contributed by atoms with Crippen molar-refractivity contribution >= 4 is 16.7 Å². The number of carbonyl (C=O) groups excluding carboxylic acids is 1. The molecule has 3 atom stereocenters. The van der Waals surface area contributed by atoms with Crippen LogP contribution in [0, 0.1) is 5.92 Å². The largest absolute Gasteiger partial charge is 0.391 e. The molecule has 1 aromatic carbocycles. The predicted molar refractivity (Wildman–Crippen MR) is 79.9 cm³/mol. The summed E-state index contributed by atoms with van der Waals surface area (Å²) >= 11 is 0. The summed E-state index contributed by atoms with van der Waals surface area (Å²) in [6.07, 6.45) is 2.03. The molecule has 1 aromatic rings. The third kappa shape index (κ3) is 3.67. The number of hydrogen-bond donors (Lipinski definition) is 1. The van der Waals surface area contributed by atoms with E-state index in [9.17, 15) is 14.1 Å². The first-order valence-corrected chi connectivity index (χ1v) is 8.56. The third-order valence-corrected chi connectivity index (χ3v) is 4.49. The minimum absolute atomic E-state index is 0.0558. The van der Waals surface area contributed by atoms with Gasteiger partial charge in [-0.1, -0.05) is 19.1 Å². The van der Waals surface area contributed by atoms with Crippen LogP contribution in [0.3, 0.4) is 0 Å². The van der Waals surface area contributed by atoms with Crippen molar-refractivity contribution in [3.63, 3.8) is 0 Å². The minimum Gasteiger partial charge on any atom is -0.391 e. The topological polar surface area (TPSA) is 57.6 Å². The summed E-state index contributed by atoms with van der Waals surface area (Å²) in [5.74, 6) is 0.647. The second-order valence-electron chi connectivity index (χ2n) is 5.50. The van der Waals surface area contributed by atoms with Crippen LogP contribution in [-0.4, -0.2) is 45.6 Å². The van der Waals surface area contributed by atoms with Crippen LogP contribution in [-0.2, 0) is 16.6 Å². The highest BCUT2D eigenvalue weighted by molar-refractivity contribution is 7.83. The van der Waals surface area contributed by atoms with Crippen LogP contribution < -0.4 is 0 Å². The first kappa shape index (κ1) is 15.2. The number of aliphatic hydroxyl groups excluding tert-OH is 1. The normalized spacial score (nSPS) is 24.4. The molecule has 0 aromatic heterocycles. The van der Waals surface area contributed by atoms with Crippen LogP contribution in [0.5, 0.6) is 0 Å². The zero-order chi connectivity index (χ0) is 14.7. The molecule has 0 aliphatic carbocycles. The maximum atomic E-state index is 12.4. The van der Waals surface area contributed by atoms with E-state index in [-0.39, 0.29) is 11.8 Å². The Bertz CT molecular complexity index is 518. The smallest absolute Gasteiger partial charge is 0.253 e. The van der Waals surface area contributed by atoms with Gasteiger partial charge in [-0.05, 0) is 30.0 Å². The molecule has 5 heteroatoms. The standard InChI is InChI=1S/C15H21NO3S/c1-11-6-7-16(9-14(11)17)15(18)13-5-3-4-12(8-13)10-20(2)19/h3-5,8,11,14,17H,6-7,9-10H2,1-2H3. The van der Waals surface area contributed by atoms with Gasteiger partial charge >= 0.3 is 0 Å². The number of benzene rings is 1. The Morgan fingerprint density at radius 3 is 2.90 bits per heavy atom. The number of likely N-dealkylation sites (tertiary alicyclic amines) is 1. The van der Waals surface area contributed by atoms with Crippen molar-refractivity contribution in [1.29, 1.82) is 0 Å². The summed E-state index contributed by atoms with van der Waals surface area (Å²) in [6, 6.07) is 7.27. The maximum absolute atomic E-state index is 12.4. The van der Waals surface area contributed by atoms with Gasteiger partial charge in [0, 0.05) is 41.5 Å². The maximum Gasteiger partial charge on any atom is 0.253 e. The molecule has 110 valence electrons. The first-order valence-electron chi connectivity index (χ1n) is 6.83. The molecule has 0 saturated carbocycles. The summed E-state index contributed by atoms with van der Waals surface area (Å²) in [4.78, 5) is 14.1. The van der Waals surface area contributed by atoms with Gasteiger partial charge in [0.2, 0.25) is 0 Å². The molecule has 1 heterocycles. The molecule has 1 aliphatic heterocycles. The highest BCUT2D eigenvalue weighted by Crippen LogP contribution is 2.19. The number of nitrogens with zero attached hydrogens (tertiary/aromatic N) is 1. The van der Waals surface area contributed by atoms with Crippen LogP contribution in [0.15, 0.2) is 24.3 Å². The van der Waals surface area contributed by atoms with Crippen molar-refractivity contribution in [2.24, 2.45) is 5.92 Å². The van der Waals surface area contributed by atoms with E-state index in [1.165, 1.54) is 0 Å². The molecule has 1 aliphatic rings. The van der Waals surface area contributed by atoms with Crippen molar-refractivity contribution < 1.29 is 14.1 Å².